The molecule has 2 aliphatic rings. The molecule has 2 rings (SSSR count). The summed E-state index contributed by atoms with van der Waals surface area (Å²) in [6, 6.07) is -0.441. The fourth-order valence-corrected chi connectivity index (χ4v) is 3.53. The number of rotatable bonds is 3. The SMILES string of the molecule is CCC(SC1=NC(C)=NC2=[N+](C)C(=O)N(C)C(=O)C12)C(=O)OC. The second-order valence-electron chi connectivity index (χ2n) is 5.18. The number of carbonyl (C=O) groups excluding carboxylic acids is 3. The molecule has 0 aliphatic carbocycles. The van der Waals surface area contributed by atoms with Crippen LogP contribution in [0.5, 0.6) is 0 Å². The van der Waals surface area contributed by atoms with Crippen molar-refractivity contribution in [3.05, 3.63) is 0 Å². The molecule has 23 heavy (non-hydrogen) atoms. The van der Waals surface area contributed by atoms with E-state index in [-0.39, 0.29) is 5.97 Å². The van der Waals surface area contributed by atoms with Gasteiger partial charge in [0.1, 0.15) is 10.3 Å². The summed E-state index contributed by atoms with van der Waals surface area (Å²) in [6.45, 7) is 3.54. The Hall–Kier alpha value is -2.03. The molecule has 0 radical (unpaired) electrons. The van der Waals surface area contributed by atoms with Crippen LogP contribution in [0, 0.1) is 5.92 Å². The molecular formula is C14H19N4O4S+. The summed E-state index contributed by atoms with van der Waals surface area (Å²) in [5.41, 5.74) is 0. The van der Waals surface area contributed by atoms with Crippen molar-refractivity contribution in [1.82, 2.24) is 4.90 Å². The minimum atomic E-state index is -0.768. The van der Waals surface area contributed by atoms with Crippen LogP contribution < -0.4 is 0 Å². The van der Waals surface area contributed by atoms with Gasteiger partial charge in [-0.3, -0.25) is 9.59 Å². The molecule has 8 nitrogen and oxygen atoms in total. The fraction of sp³-hybridized carbons (Fsp3) is 0.571. The lowest BCUT2D eigenvalue weighted by Crippen LogP contribution is -2.54. The maximum atomic E-state index is 12.5. The van der Waals surface area contributed by atoms with E-state index in [1.807, 2.05) is 6.92 Å². The van der Waals surface area contributed by atoms with E-state index in [1.165, 1.54) is 30.5 Å². The normalized spacial score (nSPS) is 22.5. The smallest absolute Gasteiger partial charge is 0.445 e. The fourth-order valence-electron chi connectivity index (χ4n) is 2.36. The van der Waals surface area contributed by atoms with Crippen molar-refractivity contribution in [2.75, 3.05) is 21.2 Å². The number of carbonyl (C=O) groups is 3. The molecule has 0 saturated heterocycles. The predicted molar refractivity (Wildman–Crippen MR) is 87.1 cm³/mol. The minimum absolute atomic E-state index is 0.341. The van der Waals surface area contributed by atoms with Gasteiger partial charge in [0.05, 0.1) is 21.2 Å². The Morgan fingerprint density at radius 1 is 1.43 bits per heavy atom. The molecule has 0 spiro atoms. The molecule has 2 heterocycles. The number of fused-ring (bicyclic) bond motifs is 1. The van der Waals surface area contributed by atoms with Crippen molar-refractivity contribution in [2.45, 2.75) is 25.5 Å². The van der Waals surface area contributed by atoms with Gasteiger partial charge in [0, 0.05) is 6.92 Å². The zero-order valence-electron chi connectivity index (χ0n) is 13.7. The number of aliphatic imine (C=N–C) groups is 2. The Balaban J connectivity index is 2.44. The van der Waals surface area contributed by atoms with E-state index in [1.54, 1.807) is 14.0 Å². The van der Waals surface area contributed by atoms with Gasteiger partial charge in [-0.15, -0.1) is 0 Å². The van der Waals surface area contributed by atoms with Gasteiger partial charge in [-0.2, -0.15) is 9.48 Å². The topological polar surface area (TPSA) is 91.4 Å². The largest absolute Gasteiger partial charge is 0.468 e. The molecule has 2 aliphatic heterocycles. The van der Waals surface area contributed by atoms with Gasteiger partial charge in [0.25, 0.3) is 5.84 Å². The maximum Gasteiger partial charge on any atom is 0.445 e. The number of methoxy groups -OCH3 is 1. The molecule has 0 saturated carbocycles. The lowest BCUT2D eigenvalue weighted by atomic mass is 10.1. The van der Waals surface area contributed by atoms with Crippen molar-refractivity contribution < 1.29 is 23.7 Å². The van der Waals surface area contributed by atoms with E-state index in [9.17, 15) is 14.4 Å². The summed E-state index contributed by atoms with van der Waals surface area (Å²) in [4.78, 5) is 46.0. The lowest BCUT2D eigenvalue weighted by Gasteiger charge is -2.27. The highest BCUT2D eigenvalue weighted by Crippen LogP contribution is 2.29. The lowest BCUT2D eigenvalue weighted by molar-refractivity contribution is -0.407. The highest BCUT2D eigenvalue weighted by atomic mass is 32.2. The summed E-state index contributed by atoms with van der Waals surface area (Å²) >= 11 is 1.19. The Labute approximate surface area is 138 Å². The van der Waals surface area contributed by atoms with Crippen LogP contribution in [-0.4, -0.2) is 70.6 Å². The second-order valence-corrected chi connectivity index (χ2v) is 6.40. The first-order valence-corrected chi connectivity index (χ1v) is 8.00. The van der Waals surface area contributed by atoms with Crippen LogP contribution in [0.2, 0.25) is 0 Å². The average molecular weight is 339 g/mol. The molecule has 3 amide bonds. The zero-order valence-corrected chi connectivity index (χ0v) is 14.5. The molecule has 0 aromatic heterocycles. The van der Waals surface area contributed by atoms with Gasteiger partial charge in [-0.25, -0.2) is 9.79 Å². The zero-order chi connectivity index (χ0) is 17.3. The van der Waals surface area contributed by atoms with E-state index in [2.05, 4.69) is 9.98 Å². The number of thioether (sulfide) groups is 1. The van der Waals surface area contributed by atoms with Gasteiger partial charge >= 0.3 is 17.9 Å². The van der Waals surface area contributed by atoms with Gasteiger partial charge in [0.2, 0.25) is 5.84 Å². The third-order valence-corrected chi connectivity index (χ3v) is 5.03. The minimum Gasteiger partial charge on any atom is -0.468 e. The summed E-state index contributed by atoms with van der Waals surface area (Å²) in [5.74, 6) is -0.758. The summed E-state index contributed by atoms with van der Waals surface area (Å²) in [6.07, 6.45) is 0.535. The molecule has 2 atom stereocenters. The highest BCUT2D eigenvalue weighted by molar-refractivity contribution is 8.15. The van der Waals surface area contributed by atoms with E-state index in [4.69, 9.17) is 4.74 Å². The Morgan fingerprint density at radius 3 is 2.65 bits per heavy atom. The standard InChI is InChI=1S/C14H19N4O4S/c1-6-8(13(20)22-5)23-11-9-10(15-7(2)16-11)17(3)14(21)18(4)12(9)19/h8-9H,6H2,1-5H3/q+1. The quantitative estimate of drug-likeness (QED) is 0.559. The Bertz CT molecular complexity index is 668. The molecular weight excluding hydrogens is 320 g/mol. The van der Waals surface area contributed by atoms with Crippen molar-refractivity contribution in [2.24, 2.45) is 15.9 Å². The van der Waals surface area contributed by atoms with E-state index in [0.717, 1.165) is 4.90 Å². The van der Waals surface area contributed by atoms with Crippen LogP contribution >= 0.6 is 11.8 Å². The molecule has 0 aromatic carbocycles. The van der Waals surface area contributed by atoms with Crippen molar-refractivity contribution >= 4 is 46.4 Å². The Kier molecular flexibility index (Phi) is 4.98. The third-order valence-electron chi connectivity index (χ3n) is 3.65. The van der Waals surface area contributed by atoms with Crippen LogP contribution in [0.15, 0.2) is 9.98 Å². The van der Waals surface area contributed by atoms with Crippen molar-refractivity contribution in [3.8, 4) is 0 Å². The monoisotopic (exact) mass is 339 g/mol. The highest BCUT2D eigenvalue weighted by Gasteiger charge is 2.49. The number of nitrogens with zero attached hydrogens (tertiary/aromatic N) is 4. The second kappa shape index (κ2) is 6.61. The molecule has 2 unspecified atom stereocenters. The molecule has 0 N–H and O–H groups in total. The summed E-state index contributed by atoms with van der Waals surface area (Å²) in [7, 11) is 4.31. The number of hydrogen-bond donors (Lipinski definition) is 0. The van der Waals surface area contributed by atoms with Crippen molar-refractivity contribution in [1.29, 1.82) is 0 Å². The van der Waals surface area contributed by atoms with Crippen LogP contribution in [0.4, 0.5) is 4.79 Å². The van der Waals surface area contributed by atoms with Crippen LogP contribution in [0.25, 0.3) is 0 Å². The van der Waals surface area contributed by atoms with Crippen LogP contribution in [0.1, 0.15) is 20.3 Å². The van der Waals surface area contributed by atoms with Crippen LogP contribution in [-0.2, 0) is 14.3 Å². The molecule has 0 bridgehead atoms. The molecule has 9 heteroatoms. The number of urea groups is 1. The molecule has 124 valence electrons. The first kappa shape index (κ1) is 17.3. The number of ether oxygens (including phenoxy) is 1. The summed E-state index contributed by atoms with van der Waals surface area (Å²) in [5, 5.41) is -0.00658. The van der Waals surface area contributed by atoms with Gasteiger partial charge in [0.15, 0.2) is 5.92 Å². The van der Waals surface area contributed by atoms with Crippen LogP contribution in [0.3, 0.4) is 0 Å². The van der Waals surface area contributed by atoms with Crippen molar-refractivity contribution in [3.63, 3.8) is 0 Å². The number of imide groups is 1. The first-order valence-electron chi connectivity index (χ1n) is 7.12. The van der Waals surface area contributed by atoms with E-state index >= 15 is 0 Å². The van der Waals surface area contributed by atoms with E-state index < -0.39 is 23.1 Å². The average Bonchev–Trinajstić information content (AvgIpc) is 2.54. The van der Waals surface area contributed by atoms with Gasteiger partial charge in [-0.1, -0.05) is 23.7 Å². The maximum absolute atomic E-state index is 12.5. The van der Waals surface area contributed by atoms with Gasteiger partial charge < -0.3 is 4.74 Å². The van der Waals surface area contributed by atoms with E-state index in [0.29, 0.717) is 23.1 Å². The third kappa shape index (κ3) is 3.05. The summed E-state index contributed by atoms with van der Waals surface area (Å²) < 4.78 is 6.12. The molecule has 0 aromatic rings. The number of amidine groups is 2. The number of esters is 1. The molecule has 0 fully saturated rings. The van der Waals surface area contributed by atoms with Gasteiger partial charge in [-0.05, 0) is 6.42 Å². The number of amides is 3. The first-order chi connectivity index (χ1) is 10.8. The Morgan fingerprint density at radius 2 is 2.09 bits per heavy atom. The predicted octanol–water partition coefficient (Wildman–Crippen LogP) is 0.751. The number of hydrogen-bond acceptors (Lipinski definition) is 7.